The molecule has 1 heterocycles. The van der Waals surface area contributed by atoms with E-state index < -0.39 is 0 Å². The van der Waals surface area contributed by atoms with Gasteiger partial charge < -0.3 is 14.2 Å². The minimum atomic E-state index is -0.375. The van der Waals surface area contributed by atoms with Gasteiger partial charge in [-0.1, -0.05) is 48.0 Å². The molecule has 5 nitrogen and oxygen atoms in total. The molecule has 1 aliphatic rings. The number of hydrogen-bond donors (Lipinski definition) is 0. The number of aryl methyl sites for hydroxylation is 1. The Morgan fingerprint density at radius 3 is 2.24 bits per heavy atom. The fourth-order valence-electron chi connectivity index (χ4n) is 3.55. The van der Waals surface area contributed by atoms with Gasteiger partial charge in [0.05, 0.1) is 14.2 Å². The van der Waals surface area contributed by atoms with Crippen LogP contribution in [0.5, 0.6) is 11.5 Å². The Labute approximate surface area is 172 Å². The Hall–Kier alpha value is -3.21. The number of benzene rings is 2. The molecule has 1 amide bonds. The zero-order valence-corrected chi connectivity index (χ0v) is 17.6. The number of allylic oxidation sites excluding steroid dienone is 4. The van der Waals surface area contributed by atoms with Gasteiger partial charge in [-0.25, -0.2) is 4.79 Å². The maximum absolute atomic E-state index is 12.7. The highest BCUT2D eigenvalue weighted by Crippen LogP contribution is 2.35. The number of amides is 1. The van der Waals surface area contributed by atoms with Crippen LogP contribution in [0, 0.1) is 6.92 Å². The Morgan fingerprint density at radius 1 is 0.931 bits per heavy atom. The lowest BCUT2D eigenvalue weighted by Crippen LogP contribution is -2.30. The van der Waals surface area contributed by atoms with E-state index in [9.17, 15) is 4.79 Å². The number of ether oxygens (including phenoxy) is 3. The molecule has 1 aliphatic heterocycles. The SMILES string of the molecule is COc1ccc(C2C=C(C)N(C(=O)OCc3cccc(C)c3)C(C)=C2)cc1OC. The second kappa shape index (κ2) is 8.86. The summed E-state index contributed by atoms with van der Waals surface area (Å²) in [7, 11) is 3.24. The third-order valence-corrected chi connectivity index (χ3v) is 4.97. The maximum atomic E-state index is 12.7. The van der Waals surface area contributed by atoms with Crippen LogP contribution in [0.4, 0.5) is 4.79 Å². The van der Waals surface area contributed by atoms with E-state index in [1.807, 2.05) is 75.4 Å². The molecular formula is C24H27NO4. The predicted octanol–water partition coefficient (Wildman–Crippen LogP) is 5.56. The van der Waals surface area contributed by atoms with Crippen molar-refractivity contribution in [2.45, 2.75) is 33.3 Å². The van der Waals surface area contributed by atoms with Crippen molar-refractivity contribution in [2.24, 2.45) is 0 Å². The average molecular weight is 393 g/mol. The molecule has 29 heavy (non-hydrogen) atoms. The minimum Gasteiger partial charge on any atom is -0.493 e. The van der Waals surface area contributed by atoms with Crippen LogP contribution in [-0.2, 0) is 11.3 Å². The molecular weight excluding hydrogens is 366 g/mol. The first-order valence-corrected chi connectivity index (χ1v) is 9.54. The molecule has 2 aromatic rings. The van der Waals surface area contributed by atoms with Gasteiger partial charge in [0.1, 0.15) is 6.61 Å². The monoisotopic (exact) mass is 393 g/mol. The van der Waals surface area contributed by atoms with Gasteiger partial charge in [-0.3, -0.25) is 4.90 Å². The van der Waals surface area contributed by atoms with E-state index in [2.05, 4.69) is 0 Å². The van der Waals surface area contributed by atoms with Gasteiger partial charge in [0, 0.05) is 17.3 Å². The number of carbonyl (C=O) groups is 1. The van der Waals surface area contributed by atoms with Crippen LogP contribution >= 0.6 is 0 Å². The van der Waals surface area contributed by atoms with Crippen molar-refractivity contribution in [2.75, 3.05) is 14.2 Å². The first-order chi connectivity index (χ1) is 13.9. The molecule has 0 N–H and O–H groups in total. The fourth-order valence-corrected chi connectivity index (χ4v) is 3.55. The molecule has 0 bridgehead atoms. The third kappa shape index (κ3) is 4.62. The van der Waals surface area contributed by atoms with Crippen LogP contribution in [0.2, 0.25) is 0 Å². The zero-order chi connectivity index (χ0) is 21.0. The zero-order valence-electron chi connectivity index (χ0n) is 17.6. The summed E-state index contributed by atoms with van der Waals surface area (Å²) in [6.45, 7) is 6.09. The van der Waals surface area contributed by atoms with E-state index in [0.717, 1.165) is 28.1 Å². The highest BCUT2D eigenvalue weighted by Gasteiger charge is 2.25. The average Bonchev–Trinajstić information content (AvgIpc) is 2.71. The highest BCUT2D eigenvalue weighted by molar-refractivity contribution is 5.73. The van der Waals surface area contributed by atoms with Crippen molar-refractivity contribution in [1.29, 1.82) is 0 Å². The van der Waals surface area contributed by atoms with Crippen molar-refractivity contribution in [1.82, 2.24) is 4.90 Å². The van der Waals surface area contributed by atoms with Crippen LogP contribution in [0.15, 0.2) is 66.0 Å². The third-order valence-electron chi connectivity index (χ3n) is 4.97. The standard InChI is InChI=1S/C24H27NO4/c1-16-7-6-8-19(11-16)15-29-24(26)25-17(2)12-21(13-18(25)3)20-9-10-22(27-4)23(14-20)28-5/h6-14,21H,15H2,1-5H3. The van der Waals surface area contributed by atoms with Crippen LogP contribution in [0.25, 0.3) is 0 Å². The summed E-state index contributed by atoms with van der Waals surface area (Å²) in [6, 6.07) is 13.8. The van der Waals surface area contributed by atoms with E-state index in [1.54, 1.807) is 19.1 Å². The molecule has 0 aliphatic carbocycles. The van der Waals surface area contributed by atoms with Crippen molar-refractivity contribution >= 4 is 6.09 Å². The fraction of sp³-hybridized carbons (Fsp3) is 0.292. The summed E-state index contributed by atoms with van der Waals surface area (Å²) in [5, 5.41) is 0. The number of hydrogen-bond acceptors (Lipinski definition) is 4. The van der Waals surface area contributed by atoms with Crippen molar-refractivity contribution in [3.63, 3.8) is 0 Å². The summed E-state index contributed by atoms with van der Waals surface area (Å²) in [5.41, 5.74) is 4.84. The summed E-state index contributed by atoms with van der Waals surface area (Å²) in [4.78, 5) is 14.3. The molecule has 0 radical (unpaired) electrons. The normalized spacial score (nSPS) is 14.2. The van der Waals surface area contributed by atoms with Gasteiger partial charge >= 0.3 is 6.09 Å². The molecule has 0 unspecified atom stereocenters. The summed E-state index contributed by atoms with van der Waals surface area (Å²) >= 11 is 0. The number of nitrogens with zero attached hydrogens (tertiary/aromatic N) is 1. The Bertz CT molecular complexity index is 941. The van der Waals surface area contributed by atoms with Crippen molar-refractivity contribution in [3.8, 4) is 11.5 Å². The van der Waals surface area contributed by atoms with Gasteiger partial charge in [-0.05, 0) is 44.0 Å². The Kier molecular flexibility index (Phi) is 6.27. The Balaban J connectivity index is 1.74. The molecule has 0 saturated heterocycles. The molecule has 0 atom stereocenters. The lowest BCUT2D eigenvalue weighted by molar-refractivity contribution is 0.115. The largest absolute Gasteiger partial charge is 0.493 e. The van der Waals surface area contributed by atoms with Crippen molar-refractivity contribution in [3.05, 3.63) is 82.7 Å². The van der Waals surface area contributed by atoms with Crippen LogP contribution < -0.4 is 9.47 Å². The first-order valence-electron chi connectivity index (χ1n) is 9.54. The lowest BCUT2D eigenvalue weighted by atomic mass is 9.94. The lowest BCUT2D eigenvalue weighted by Gasteiger charge is -2.29. The van der Waals surface area contributed by atoms with E-state index in [-0.39, 0.29) is 18.6 Å². The summed E-state index contributed by atoms with van der Waals surface area (Å²) < 4.78 is 16.3. The molecule has 152 valence electrons. The van der Waals surface area contributed by atoms with Gasteiger partial charge in [0.15, 0.2) is 11.5 Å². The predicted molar refractivity (Wildman–Crippen MR) is 113 cm³/mol. The molecule has 0 saturated carbocycles. The number of methoxy groups -OCH3 is 2. The second-order valence-corrected chi connectivity index (χ2v) is 7.14. The molecule has 0 spiro atoms. The first kappa shape index (κ1) is 20.5. The van der Waals surface area contributed by atoms with E-state index in [0.29, 0.717) is 11.5 Å². The topological polar surface area (TPSA) is 48.0 Å². The van der Waals surface area contributed by atoms with Gasteiger partial charge in [-0.15, -0.1) is 0 Å². The molecule has 5 heteroatoms. The highest BCUT2D eigenvalue weighted by atomic mass is 16.6. The molecule has 0 aromatic heterocycles. The van der Waals surface area contributed by atoms with E-state index >= 15 is 0 Å². The quantitative estimate of drug-likeness (QED) is 0.668. The number of carbonyl (C=O) groups excluding carboxylic acids is 1. The second-order valence-electron chi connectivity index (χ2n) is 7.14. The minimum absolute atomic E-state index is 0.0376. The maximum Gasteiger partial charge on any atom is 0.418 e. The molecule has 2 aromatic carbocycles. The summed E-state index contributed by atoms with van der Waals surface area (Å²) in [5.74, 6) is 1.41. The van der Waals surface area contributed by atoms with Gasteiger partial charge in [0.25, 0.3) is 0 Å². The van der Waals surface area contributed by atoms with Gasteiger partial charge in [-0.2, -0.15) is 0 Å². The van der Waals surface area contributed by atoms with Crippen LogP contribution in [-0.4, -0.2) is 25.2 Å². The Morgan fingerprint density at radius 2 is 1.62 bits per heavy atom. The van der Waals surface area contributed by atoms with Gasteiger partial charge in [0.2, 0.25) is 0 Å². The summed E-state index contributed by atoms with van der Waals surface area (Å²) in [6.07, 6.45) is 3.71. The van der Waals surface area contributed by atoms with Crippen molar-refractivity contribution < 1.29 is 19.0 Å². The molecule has 0 fully saturated rings. The molecule has 3 rings (SSSR count). The van der Waals surface area contributed by atoms with Crippen LogP contribution in [0.3, 0.4) is 0 Å². The smallest absolute Gasteiger partial charge is 0.418 e. The number of rotatable bonds is 5. The van der Waals surface area contributed by atoms with E-state index in [4.69, 9.17) is 14.2 Å². The van der Waals surface area contributed by atoms with Crippen LogP contribution in [0.1, 0.15) is 36.5 Å². The van der Waals surface area contributed by atoms with E-state index in [1.165, 1.54) is 0 Å².